The molecule has 4 nitrogen and oxygen atoms in total. The van der Waals surface area contributed by atoms with Crippen molar-refractivity contribution in [3.63, 3.8) is 0 Å². The first-order valence-electron chi connectivity index (χ1n) is 6.52. The molecule has 3 aromatic rings. The second-order valence-electron chi connectivity index (χ2n) is 4.70. The summed E-state index contributed by atoms with van der Waals surface area (Å²) in [4.78, 5) is 1.36. The van der Waals surface area contributed by atoms with Gasteiger partial charge in [-0.2, -0.15) is 0 Å². The Morgan fingerprint density at radius 1 is 1.25 bits per heavy atom. The van der Waals surface area contributed by atoms with Gasteiger partial charge in [0.15, 0.2) is 0 Å². The third-order valence-electron chi connectivity index (χ3n) is 3.24. The van der Waals surface area contributed by atoms with Gasteiger partial charge >= 0.3 is 0 Å². The number of aryl methyl sites for hydroxylation is 1. The molecule has 0 aliphatic carbocycles. The Morgan fingerprint density at radius 2 is 2.10 bits per heavy atom. The zero-order valence-electron chi connectivity index (χ0n) is 11.4. The number of nitrogens with one attached hydrogen (secondary N) is 1. The first-order chi connectivity index (χ1) is 9.75. The zero-order valence-corrected chi connectivity index (χ0v) is 12.3. The molecule has 0 bridgehead atoms. The number of anilines is 1. The third kappa shape index (κ3) is 2.44. The van der Waals surface area contributed by atoms with Crippen LogP contribution in [-0.4, -0.2) is 15.0 Å². The van der Waals surface area contributed by atoms with Gasteiger partial charge in [-0.15, -0.1) is 16.4 Å². The van der Waals surface area contributed by atoms with Crippen molar-refractivity contribution < 1.29 is 0 Å². The maximum atomic E-state index is 4.06. The Morgan fingerprint density at radius 3 is 2.80 bits per heavy atom. The monoisotopic (exact) mass is 284 g/mol. The fraction of sp³-hybridized carbons (Fsp3) is 0.200. The summed E-state index contributed by atoms with van der Waals surface area (Å²) in [7, 11) is 0. The zero-order chi connectivity index (χ0) is 13.9. The largest absolute Gasteiger partial charge is 0.376 e. The van der Waals surface area contributed by atoms with Crippen LogP contribution in [0.15, 0.2) is 48.1 Å². The van der Waals surface area contributed by atoms with Crippen LogP contribution in [0.4, 0.5) is 5.69 Å². The fourth-order valence-corrected chi connectivity index (χ4v) is 3.19. The normalized spacial score (nSPS) is 12.3. The number of rotatable bonds is 4. The predicted molar refractivity (Wildman–Crippen MR) is 82.5 cm³/mol. The van der Waals surface area contributed by atoms with Crippen molar-refractivity contribution in [1.29, 1.82) is 0 Å². The minimum atomic E-state index is 0.264. The lowest BCUT2D eigenvalue weighted by Crippen LogP contribution is -2.09. The molecule has 0 amide bonds. The highest BCUT2D eigenvalue weighted by Crippen LogP contribution is 2.29. The lowest BCUT2D eigenvalue weighted by atomic mass is 10.1. The summed E-state index contributed by atoms with van der Waals surface area (Å²) in [6.07, 6.45) is 3.53. The van der Waals surface area contributed by atoms with Crippen molar-refractivity contribution in [3.05, 3.63) is 58.5 Å². The number of aromatic nitrogens is 3. The van der Waals surface area contributed by atoms with Gasteiger partial charge in [0.1, 0.15) is 0 Å². The molecule has 2 heterocycles. The number of para-hydroxylation sites is 2. The average Bonchev–Trinajstić information content (AvgIpc) is 3.10. The average molecular weight is 284 g/mol. The highest BCUT2D eigenvalue weighted by Gasteiger charge is 2.12. The van der Waals surface area contributed by atoms with E-state index >= 15 is 0 Å². The van der Waals surface area contributed by atoms with Gasteiger partial charge in [-0.1, -0.05) is 17.3 Å². The molecule has 3 rings (SSSR count). The lowest BCUT2D eigenvalue weighted by Gasteiger charge is -2.17. The van der Waals surface area contributed by atoms with Gasteiger partial charge in [-0.3, -0.25) is 0 Å². The van der Waals surface area contributed by atoms with E-state index in [0.29, 0.717) is 0 Å². The molecule has 5 heteroatoms. The first-order valence-corrected chi connectivity index (χ1v) is 7.40. The Labute approximate surface area is 122 Å². The summed E-state index contributed by atoms with van der Waals surface area (Å²) >= 11 is 1.78. The molecule has 0 spiro atoms. The maximum absolute atomic E-state index is 4.06. The smallest absolute Gasteiger partial charge is 0.0894 e. The van der Waals surface area contributed by atoms with Gasteiger partial charge in [0.2, 0.25) is 0 Å². The van der Waals surface area contributed by atoms with E-state index in [2.05, 4.69) is 47.0 Å². The summed E-state index contributed by atoms with van der Waals surface area (Å²) in [5, 5.41) is 13.6. The number of nitrogens with zero attached hydrogens (tertiary/aromatic N) is 3. The van der Waals surface area contributed by atoms with Crippen molar-refractivity contribution in [2.45, 2.75) is 19.9 Å². The third-order valence-corrected chi connectivity index (χ3v) is 4.44. The minimum absolute atomic E-state index is 0.264. The SMILES string of the molecule is Cc1ccsc1C(C)Nc1ccccc1-n1ccnn1. The maximum Gasteiger partial charge on any atom is 0.0894 e. The first kappa shape index (κ1) is 12.9. The van der Waals surface area contributed by atoms with Gasteiger partial charge in [0.05, 0.1) is 29.8 Å². The molecular weight excluding hydrogens is 268 g/mol. The molecule has 0 aliphatic heterocycles. The lowest BCUT2D eigenvalue weighted by molar-refractivity contribution is 0.799. The van der Waals surface area contributed by atoms with E-state index < -0.39 is 0 Å². The van der Waals surface area contributed by atoms with E-state index in [4.69, 9.17) is 0 Å². The predicted octanol–water partition coefficient (Wildman–Crippen LogP) is 3.81. The summed E-state index contributed by atoms with van der Waals surface area (Å²) < 4.78 is 1.77. The molecule has 1 N–H and O–H groups in total. The Balaban J connectivity index is 1.90. The summed E-state index contributed by atoms with van der Waals surface area (Å²) in [5.74, 6) is 0. The van der Waals surface area contributed by atoms with Crippen LogP contribution >= 0.6 is 11.3 Å². The highest BCUT2D eigenvalue weighted by atomic mass is 32.1. The van der Waals surface area contributed by atoms with Crippen molar-refractivity contribution >= 4 is 17.0 Å². The van der Waals surface area contributed by atoms with Gasteiger partial charge in [0.25, 0.3) is 0 Å². The molecule has 2 aromatic heterocycles. The van der Waals surface area contributed by atoms with Crippen LogP contribution in [0.5, 0.6) is 0 Å². The number of hydrogen-bond donors (Lipinski definition) is 1. The van der Waals surface area contributed by atoms with E-state index in [9.17, 15) is 0 Å². The van der Waals surface area contributed by atoms with Gasteiger partial charge in [-0.05, 0) is 43.0 Å². The molecule has 102 valence electrons. The van der Waals surface area contributed by atoms with Crippen LogP contribution in [0.2, 0.25) is 0 Å². The molecule has 0 saturated carbocycles. The summed E-state index contributed by atoms with van der Waals surface area (Å²) in [6.45, 7) is 4.32. The number of hydrogen-bond acceptors (Lipinski definition) is 4. The molecular formula is C15H16N4S. The number of benzene rings is 1. The Kier molecular flexibility index (Phi) is 3.52. The van der Waals surface area contributed by atoms with Gasteiger partial charge < -0.3 is 5.32 Å². The molecule has 1 unspecified atom stereocenters. The van der Waals surface area contributed by atoms with E-state index in [1.165, 1.54) is 10.4 Å². The highest BCUT2D eigenvalue weighted by molar-refractivity contribution is 7.10. The van der Waals surface area contributed by atoms with Gasteiger partial charge in [-0.25, -0.2) is 4.68 Å². The van der Waals surface area contributed by atoms with E-state index in [1.54, 1.807) is 22.2 Å². The molecule has 1 atom stereocenters. The van der Waals surface area contributed by atoms with Gasteiger partial charge in [0, 0.05) is 4.88 Å². The molecule has 0 aliphatic rings. The molecule has 1 aromatic carbocycles. The second kappa shape index (κ2) is 5.46. The van der Waals surface area contributed by atoms with E-state index in [1.807, 2.05) is 24.4 Å². The van der Waals surface area contributed by atoms with Crippen LogP contribution in [0, 0.1) is 6.92 Å². The molecule has 20 heavy (non-hydrogen) atoms. The van der Waals surface area contributed by atoms with Crippen LogP contribution in [0.25, 0.3) is 5.69 Å². The Bertz CT molecular complexity index is 687. The van der Waals surface area contributed by atoms with Crippen LogP contribution in [0.1, 0.15) is 23.4 Å². The Hall–Kier alpha value is -2.14. The van der Waals surface area contributed by atoms with E-state index in [-0.39, 0.29) is 6.04 Å². The standard InChI is InChI=1S/C15H16N4S/c1-11-7-10-20-15(11)12(2)17-13-5-3-4-6-14(13)19-9-8-16-18-19/h3-10,12,17H,1-2H3. The molecule has 0 fully saturated rings. The topological polar surface area (TPSA) is 42.7 Å². The van der Waals surface area contributed by atoms with Crippen molar-refractivity contribution in [3.8, 4) is 5.69 Å². The number of thiophene rings is 1. The fourth-order valence-electron chi connectivity index (χ4n) is 2.26. The van der Waals surface area contributed by atoms with Crippen molar-refractivity contribution in [2.75, 3.05) is 5.32 Å². The van der Waals surface area contributed by atoms with Crippen LogP contribution in [0.3, 0.4) is 0 Å². The van der Waals surface area contributed by atoms with Crippen LogP contribution < -0.4 is 5.32 Å². The summed E-state index contributed by atoms with van der Waals surface area (Å²) in [6, 6.07) is 10.5. The summed E-state index contributed by atoms with van der Waals surface area (Å²) in [5.41, 5.74) is 3.39. The second-order valence-corrected chi connectivity index (χ2v) is 5.65. The van der Waals surface area contributed by atoms with Crippen LogP contribution in [-0.2, 0) is 0 Å². The minimum Gasteiger partial charge on any atom is -0.376 e. The van der Waals surface area contributed by atoms with Crippen molar-refractivity contribution in [1.82, 2.24) is 15.0 Å². The quantitative estimate of drug-likeness (QED) is 0.792. The van der Waals surface area contributed by atoms with Crippen molar-refractivity contribution in [2.24, 2.45) is 0 Å². The molecule has 0 radical (unpaired) electrons. The van der Waals surface area contributed by atoms with E-state index in [0.717, 1.165) is 11.4 Å². The molecule has 0 saturated heterocycles.